The SMILES string of the molecule is C=CC(=O)O.C=CC(=O)OCC1CCC(CO)CC1. The summed E-state index contributed by atoms with van der Waals surface area (Å²) >= 11 is 0. The van der Waals surface area contributed by atoms with E-state index in [2.05, 4.69) is 13.2 Å². The summed E-state index contributed by atoms with van der Waals surface area (Å²) in [5.41, 5.74) is 0. The average molecular weight is 270 g/mol. The van der Waals surface area contributed by atoms with Gasteiger partial charge in [0.15, 0.2) is 0 Å². The molecule has 0 aliphatic heterocycles. The van der Waals surface area contributed by atoms with Crippen LogP contribution in [0.15, 0.2) is 25.3 Å². The Hall–Kier alpha value is -1.62. The molecule has 1 saturated carbocycles. The van der Waals surface area contributed by atoms with Crippen molar-refractivity contribution in [2.24, 2.45) is 11.8 Å². The number of hydrogen-bond donors (Lipinski definition) is 2. The molecule has 0 heterocycles. The smallest absolute Gasteiger partial charge is 0.330 e. The molecule has 108 valence electrons. The average Bonchev–Trinajstić information content (AvgIpc) is 2.45. The van der Waals surface area contributed by atoms with Gasteiger partial charge in [-0.05, 0) is 37.5 Å². The van der Waals surface area contributed by atoms with E-state index in [-0.39, 0.29) is 5.97 Å². The number of aliphatic hydroxyl groups is 1. The second-order valence-electron chi connectivity index (χ2n) is 4.45. The fourth-order valence-electron chi connectivity index (χ4n) is 1.84. The van der Waals surface area contributed by atoms with Crippen LogP contribution in [-0.2, 0) is 14.3 Å². The molecule has 0 aromatic heterocycles. The van der Waals surface area contributed by atoms with E-state index in [1.807, 2.05) is 0 Å². The summed E-state index contributed by atoms with van der Waals surface area (Å²) < 4.78 is 4.98. The summed E-state index contributed by atoms with van der Waals surface area (Å²) in [6.45, 7) is 7.10. The van der Waals surface area contributed by atoms with Gasteiger partial charge in [-0.1, -0.05) is 13.2 Å². The van der Waals surface area contributed by atoms with Crippen molar-refractivity contribution < 1.29 is 24.5 Å². The molecule has 2 N–H and O–H groups in total. The molecule has 5 heteroatoms. The molecule has 0 atom stereocenters. The number of rotatable bonds is 5. The van der Waals surface area contributed by atoms with Gasteiger partial charge in [0, 0.05) is 18.8 Å². The highest BCUT2D eigenvalue weighted by Crippen LogP contribution is 2.28. The van der Waals surface area contributed by atoms with Gasteiger partial charge >= 0.3 is 11.9 Å². The molecule has 0 spiro atoms. The lowest BCUT2D eigenvalue weighted by molar-refractivity contribution is -0.139. The minimum absolute atomic E-state index is 0.291. The van der Waals surface area contributed by atoms with Gasteiger partial charge in [0.05, 0.1) is 6.61 Å². The summed E-state index contributed by atoms with van der Waals surface area (Å²) in [6, 6.07) is 0. The van der Waals surface area contributed by atoms with Crippen molar-refractivity contribution in [3.63, 3.8) is 0 Å². The Bertz CT molecular complexity index is 303. The first kappa shape index (κ1) is 17.4. The summed E-state index contributed by atoms with van der Waals surface area (Å²) in [6.07, 6.45) is 6.23. The number of aliphatic hydroxyl groups excluding tert-OH is 1. The summed E-state index contributed by atoms with van der Waals surface area (Å²) in [5.74, 6) is -0.387. The van der Waals surface area contributed by atoms with E-state index in [1.165, 1.54) is 6.08 Å². The molecule has 0 radical (unpaired) electrons. The van der Waals surface area contributed by atoms with Crippen molar-refractivity contribution in [3.05, 3.63) is 25.3 Å². The first-order chi connectivity index (χ1) is 9.03. The molecule has 0 aromatic carbocycles. The first-order valence-electron chi connectivity index (χ1n) is 6.28. The molecule has 0 aromatic rings. The van der Waals surface area contributed by atoms with Crippen molar-refractivity contribution >= 4 is 11.9 Å². The molecular weight excluding hydrogens is 248 g/mol. The third-order valence-corrected chi connectivity index (χ3v) is 3.03. The van der Waals surface area contributed by atoms with Crippen LogP contribution >= 0.6 is 0 Å². The number of hydrogen-bond acceptors (Lipinski definition) is 4. The number of aliphatic carboxylic acids is 1. The molecule has 1 rings (SSSR count). The highest BCUT2D eigenvalue weighted by molar-refractivity contribution is 5.81. The van der Waals surface area contributed by atoms with Crippen LogP contribution < -0.4 is 0 Å². The maximum atomic E-state index is 10.8. The number of ether oxygens (including phenoxy) is 1. The van der Waals surface area contributed by atoms with Gasteiger partial charge in [0.1, 0.15) is 0 Å². The number of carbonyl (C=O) groups is 2. The monoisotopic (exact) mass is 270 g/mol. The Morgan fingerprint density at radius 3 is 1.95 bits per heavy atom. The molecule has 0 amide bonds. The normalized spacial score (nSPS) is 21.5. The van der Waals surface area contributed by atoms with Gasteiger partial charge in [0.25, 0.3) is 0 Å². The van der Waals surface area contributed by atoms with Crippen LogP contribution in [0.4, 0.5) is 0 Å². The van der Waals surface area contributed by atoms with E-state index >= 15 is 0 Å². The Morgan fingerprint density at radius 2 is 1.58 bits per heavy atom. The van der Waals surface area contributed by atoms with E-state index in [0.717, 1.165) is 31.8 Å². The first-order valence-corrected chi connectivity index (χ1v) is 6.28. The molecule has 1 aliphatic carbocycles. The third kappa shape index (κ3) is 9.02. The predicted molar refractivity (Wildman–Crippen MR) is 71.5 cm³/mol. The van der Waals surface area contributed by atoms with Crippen LogP contribution in [-0.4, -0.2) is 35.4 Å². The van der Waals surface area contributed by atoms with Gasteiger partial charge in [0.2, 0.25) is 0 Å². The molecule has 0 unspecified atom stereocenters. The summed E-state index contributed by atoms with van der Waals surface area (Å²) in [7, 11) is 0. The topological polar surface area (TPSA) is 83.8 Å². The Labute approximate surface area is 113 Å². The van der Waals surface area contributed by atoms with Crippen LogP contribution in [0.25, 0.3) is 0 Å². The van der Waals surface area contributed by atoms with Gasteiger partial charge in [-0.15, -0.1) is 0 Å². The molecule has 1 aliphatic rings. The second kappa shape index (κ2) is 10.3. The minimum atomic E-state index is -0.981. The van der Waals surface area contributed by atoms with Gasteiger partial charge < -0.3 is 14.9 Å². The maximum absolute atomic E-state index is 10.8. The van der Waals surface area contributed by atoms with Crippen molar-refractivity contribution in [1.29, 1.82) is 0 Å². The van der Waals surface area contributed by atoms with Crippen molar-refractivity contribution in [3.8, 4) is 0 Å². The second-order valence-corrected chi connectivity index (χ2v) is 4.45. The van der Waals surface area contributed by atoms with Crippen molar-refractivity contribution in [1.82, 2.24) is 0 Å². The van der Waals surface area contributed by atoms with Crippen LogP contribution in [0.2, 0.25) is 0 Å². The summed E-state index contributed by atoms with van der Waals surface area (Å²) in [4.78, 5) is 20.0. The van der Waals surface area contributed by atoms with E-state index in [4.69, 9.17) is 14.9 Å². The van der Waals surface area contributed by atoms with Gasteiger partial charge in [-0.25, -0.2) is 9.59 Å². The van der Waals surface area contributed by atoms with Crippen molar-refractivity contribution in [2.75, 3.05) is 13.2 Å². The van der Waals surface area contributed by atoms with Gasteiger partial charge in [-0.2, -0.15) is 0 Å². The zero-order valence-electron chi connectivity index (χ0n) is 11.1. The zero-order valence-corrected chi connectivity index (χ0v) is 11.1. The Balaban J connectivity index is 0.000000555. The number of carbonyl (C=O) groups excluding carboxylic acids is 1. The molecule has 1 fully saturated rings. The summed E-state index contributed by atoms with van der Waals surface area (Å²) in [5, 5.41) is 16.5. The molecule has 0 bridgehead atoms. The van der Waals surface area contributed by atoms with Crippen LogP contribution in [0.1, 0.15) is 25.7 Å². The molecule has 0 saturated heterocycles. The molecule has 5 nitrogen and oxygen atoms in total. The highest BCUT2D eigenvalue weighted by atomic mass is 16.5. The third-order valence-electron chi connectivity index (χ3n) is 3.03. The minimum Gasteiger partial charge on any atom is -0.478 e. The number of carboxylic acid groups (broad SMARTS) is 1. The lowest BCUT2D eigenvalue weighted by Crippen LogP contribution is -2.21. The quantitative estimate of drug-likeness (QED) is 0.587. The largest absolute Gasteiger partial charge is 0.478 e. The van der Waals surface area contributed by atoms with Crippen LogP contribution in [0, 0.1) is 11.8 Å². The zero-order chi connectivity index (χ0) is 14.7. The molecular formula is C14H22O5. The van der Waals surface area contributed by atoms with Gasteiger partial charge in [-0.3, -0.25) is 0 Å². The fraction of sp³-hybridized carbons (Fsp3) is 0.571. The van der Waals surface area contributed by atoms with E-state index in [1.54, 1.807) is 0 Å². The highest BCUT2D eigenvalue weighted by Gasteiger charge is 2.21. The van der Waals surface area contributed by atoms with E-state index in [0.29, 0.717) is 25.0 Å². The lowest BCUT2D eigenvalue weighted by Gasteiger charge is -2.26. The fourth-order valence-corrected chi connectivity index (χ4v) is 1.84. The van der Waals surface area contributed by atoms with Crippen LogP contribution in [0.5, 0.6) is 0 Å². The van der Waals surface area contributed by atoms with E-state index < -0.39 is 5.97 Å². The number of esters is 1. The van der Waals surface area contributed by atoms with E-state index in [9.17, 15) is 9.59 Å². The molecule has 19 heavy (non-hydrogen) atoms. The van der Waals surface area contributed by atoms with Crippen molar-refractivity contribution in [2.45, 2.75) is 25.7 Å². The number of carboxylic acids is 1. The standard InChI is InChI=1S/C11H18O3.C3H4O2/c1-2-11(13)14-8-10-5-3-9(7-12)4-6-10;1-2-3(4)5/h2,9-10,12H,1,3-8H2;2H,1H2,(H,4,5). The lowest BCUT2D eigenvalue weighted by atomic mass is 9.83. The predicted octanol–water partition coefficient (Wildman–Crippen LogP) is 1.77. The Morgan fingerprint density at radius 1 is 1.11 bits per heavy atom. The maximum Gasteiger partial charge on any atom is 0.330 e. The van der Waals surface area contributed by atoms with Crippen LogP contribution in [0.3, 0.4) is 0 Å². The Kier molecular flexibility index (Phi) is 9.44.